The van der Waals surface area contributed by atoms with E-state index < -0.39 is 11.8 Å². The molecule has 2 N–H and O–H groups in total. The Bertz CT molecular complexity index is 187. The van der Waals surface area contributed by atoms with Gasteiger partial charge in [0.25, 0.3) is 0 Å². The lowest BCUT2D eigenvalue weighted by atomic mass is 10.1. The van der Waals surface area contributed by atoms with E-state index in [0.717, 1.165) is 0 Å². The summed E-state index contributed by atoms with van der Waals surface area (Å²) in [6.07, 6.45) is 1.34. The van der Waals surface area contributed by atoms with E-state index in [0.29, 0.717) is 0 Å². The van der Waals surface area contributed by atoms with Gasteiger partial charge in [0, 0.05) is 19.4 Å². The lowest BCUT2D eigenvalue weighted by Crippen LogP contribution is -2.23. The molecule has 0 bridgehead atoms. The monoisotopic (exact) mass is 156 g/mol. The highest BCUT2D eigenvalue weighted by atomic mass is 16.1. The van der Waals surface area contributed by atoms with E-state index in [9.17, 15) is 9.59 Å². The van der Waals surface area contributed by atoms with Crippen molar-refractivity contribution in [2.24, 2.45) is 16.6 Å². The second-order valence-electron chi connectivity index (χ2n) is 2.36. The molecule has 0 saturated carbocycles. The van der Waals surface area contributed by atoms with Gasteiger partial charge in [0.05, 0.1) is 6.21 Å². The third-order valence-electron chi connectivity index (χ3n) is 1.27. The molecule has 0 spiro atoms. The number of ketones is 1. The molecular weight excluding hydrogens is 144 g/mol. The van der Waals surface area contributed by atoms with Crippen LogP contribution in [-0.4, -0.2) is 25.0 Å². The molecule has 4 nitrogen and oxygen atoms in total. The fourth-order valence-electron chi connectivity index (χ4n) is 0.599. The second kappa shape index (κ2) is 4.60. The third kappa shape index (κ3) is 4.25. The van der Waals surface area contributed by atoms with E-state index in [1.54, 1.807) is 6.92 Å². The Hall–Kier alpha value is -1.19. The highest BCUT2D eigenvalue weighted by Crippen LogP contribution is 1.99. The van der Waals surface area contributed by atoms with Crippen molar-refractivity contribution < 1.29 is 9.59 Å². The lowest BCUT2D eigenvalue weighted by molar-refractivity contribution is -0.124. The van der Waals surface area contributed by atoms with Crippen molar-refractivity contribution in [2.45, 2.75) is 13.3 Å². The Kier molecular flexibility index (Phi) is 4.10. The number of aliphatic imine (C=N–C) groups is 1. The first-order valence-electron chi connectivity index (χ1n) is 3.32. The molecule has 11 heavy (non-hydrogen) atoms. The number of nitrogens with zero attached hydrogens (tertiary/aromatic N) is 1. The number of Topliss-reactive ketones (excluding diaryl/α,β-unsaturated/α-hetero) is 1. The fourth-order valence-corrected chi connectivity index (χ4v) is 0.599. The van der Waals surface area contributed by atoms with Gasteiger partial charge >= 0.3 is 0 Å². The van der Waals surface area contributed by atoms with E-state index >= 15 is 0 Å². The van der Waals surface area contributed by atoms with Crippen LogP contribution in [0, 0.1) is 5.92 Å². The molecule has 0 unspecified atom stereocenters. The van der Waals surface area contributed by atoms with Crippen molar-refractivity contribution in [1.29, 1.82) is 0 Å². The van der Waals surface area contributed by atoms with Gasteiger partial charge in [0.2, 0.25) is 5.91 Å². The van der Waals surface area contributed by atoms with Gasteiger partial charge in [-0.25, -0.2) is 0 Å². The molecule has 0 rings (SSSR count). The number of carbonyl (C=O) groups is 2. The van der Waals surface area contributed by atoms with E-state index in [2.05, 4.69) is 4.99 Å². The average Bonchev–Trinajstić information content (AvgIpc) is 1.87. The standard InChI is InChI=1S/C7H12N2O2/c1-5(7(8)11)3-6(10)4-9-2/h4-5H,3H2,1-2H3,(H2,8,11)/t5-/m0/s1. The fraction of sp³-hybridized carbons (Fsp3) is 0.571. The van der Waals surface area contributed by atoms with Crippen molar-refractivity contribution in [3.63, 3.8) is 0 Å². The normalized spacial score (nSPS) is 13.3. The zero-order valence-corrected chi connectivity index (χ0v) is 6.70. The summed E-state index contributed by atoms with van der Waals surface area (Å²) in [6, 6.07) is 0. The number of rotatable bonds is 4. The second-order valence-corrected chi connectivity index (χ2v) is 2.36. The van der Waals surface area contributed by atoms with Gasteiger partial charge in [-0.3, -0.25) is 14.6 Å². The molecule has 62 valence electrons. The van der Waals surface area contributed by atoms with Crippen LogP contribution in [0.3, 0.4) is 0 Å². The summed E-state index contributed by atoms with van der Waals surface area (Å²) in [6.45, 7) is 1.61. The Morgan fingerprint density at radius 3 is 2.55 bits per heavy atom. The van der Waals surface area contributed by atoms with Gasteiger partial charge < -0.3 is 5.73 Å². The summed E-state index contributed by atoms with van der Waals surface area (Å²) in [5.74, 6) is -1.03. The molecule has 0 aromatic carbocycles. The number of nitrogens with two attached hydrogens (primary N) is 1. The van der Waals surface area contributed by atoms with Gasteiger partial charge in [-0.15, -0.1) is 0 Å². The molecule has 0 aromatic rings. The molecule has 0 heterocycles. The van der Waals surface area contributed by atoms with Crippen molar-refractivity contribution in [3.8, 4) is 0 Å². The first kappa shape index (κ1) is 9.81. The number of hydrogen-bond donors (Lipinski definition) is 1. The summed E-state index contributed by atoms with van der Waals surface area (Å²) in [4.78, 5) is 24.8. The average molecular weight is 156 g/mol. The van der Waals surface area contributed by atoms with Crippen LogP contribution < -0.4 is 5.73 Å². The molecule has 0 aliphatic carbocycles. The maximum absolute atomic E-state index is 10.8. The molecule has 0 aliphatic rings. The molecule has 0 radical (unpaired) electrons. The van der Waals surface area contributed by atoms with E-state index in [1.165, 1.54) is 13.3 Å². The highest BCUT2D eigenvalue weighted by Gasteiger charge is 2.11. The largest absolute Gasteiger partial charge is 0.369 e. The first-order chi connectivity index (χ1) is 5.07. The minimum atomic E-state index is -0.456. The maximum atomic E-state index is 10.8. The summed E-state index contributed by atoms with van der Waals surface area (Å²) >= 11 is 0. The van der Waals surface area contributed by atoms with Crippen LogP contribution in [0.1, 0.15) is 13.3 Å². The van der Waals surface area contributed by atoms with Crippen molar-refractivity contribution >= 4 is 17.9 Å². The van der Waals surface area contributed by atoms with Crippen LogP contribution in [0.4, 0.5) is 0 Å². The van der Waals surface area contributed by atoms with Gasteiger partial charge in [-0.2, -0.15) is 0 Å². The molecule has 0 saturated heterocycles. The van der Waals surface area contributed by atoms with Crippen molar-refractivity contribution in [3.05, 3.63) is 0 Å². The van der Waals surface area contributed by atoms with E-state index in [-0.39, 0.29) is 12.2 Å². The van der Waals surface area contributed by atoms with Gasteiger partial charge in [-0.05, 0) is 0 Å². The number of carbonyl (C=O) groups excluding carboxylic acids is 2. The number of hydrogen-bond acceptors (Lipinski definition) is 3. The van der Waals surface area contributed by atoms with Crippen LogP contribution in [-0.2, 0) is 9.59 Å². The van der Waals surface area contributed by atoms with E-state index in [4.69, 9.17) is 5.73 Å². The third-order valence-corrected chi connectivity index (χ3v) is 1.27. The van der Waals surface area contributed by atoms with Crippen LogP contribution in [0.25, 0.3) is 0 Å². The highest BCUT2D eigenvalue weighted by molar-refractivity contribution is 6.27. The molecule has 4 heteroatoms. The molecule has 1 amide bonds. The Labute approximate surface area is 65.5 Å². The summed E-state index contributed by atoms with van der Waals surface area (Å²) in [5, 5.41) is 0. The SMILES string of the molecule is CN=CC(=O)C[C@H](C)C(N)=O. The van der Waals surface area contributed by atoms with Crippen LogP contribution in [0.5, 0.6) is 0 Å². The van der Waals surface area contributed by atoms with Gasteiger partial charge in [0.15, 0.2) is 5.78 Å². The van der Waals surface area contributed by atoms with Crippen LogP contribution in [0.15, 0.2) is 4.99 Å². The Morgan fingerprint density at radius 1 is 1.64 bits per heavy atom. The van der Waals surface area contributed by atoms with E-state index in [1.807, 2.05) is 0 Å². The number of primary amides is 1. The summed E-state index contributed by atoms with van der Waals surface area (Å²) < 4.78 is 0. The van der Waals surface area contributed by atoms with Crippen LogP contribution in [0.2, 0.25) is 0 Å². The molecule has 0 aliphatic heterocycles. The zero-order chi connectivity index (χ0) is 8.85. The quantitative estimate of drug-likeness (QED) is 0.571. The van der Waals surface area contributed by atoms with Gasteiger partial charge in [0.1, 0.15) is 0 Å². The Balaban J connectivity index is 3.85. The topological polar surface area (TPSA) is 72.5 Å². The maximum Gasteiger partial charge on any atom is 0.220 e. The minimum absolute atomic E-state index is 0.146. The first-order valence-corrected chi connectivity index (χ1v) is 3.32. The number of amides is 1. The van der Waals surface area contributed by atoms with Gasteiger partial charge in [-0.1, -0.05) is 6.92 Å². The molecule has 0 fully saturated rings. The summed E-state index contributed by atoms with van der Waals surface area (Å²) in [5.41, 5.74) is 4.94. The smallest absolute Gasteiger partial charge is 0.220 e. The summed E-state index contributed by atoms with van der Waals surface area (Å²) in [7, 11) is 1.51. The van der Waals surface area contributed by atoms with Crippen molar-refractivity contribution in [1.82, 2.24) is 0 Å². The Morgan fingerprint density at radius 2 is 2.18 bits per heavy atom. The molecular formula is C7H12N2O2. The van der Waals surface area contributed by atoms with Crippen LogP contribution >= 0.6 is 0 Å². The predicted octanol–water partition coefficient (Wildman–Crippen LogP) is -0.232. The zero-order valence-electron chi connectivity index (χ0n) is 6.70. The minimum Gasteiger partial charge on any atom is -0.369 e. The molecule has 0 aromatic heterocycles. The lowest BCUT2D eigenvalue weighted by Gasteiger charge is -2.01. The predicted molar refractivity (Wildman–Crippen MR) is 42.4 cm³/mol. The molecule has 1 atom stereocenters. The van der Waals surface area contributed by atoms with Crippen molar-refractivity contribution in [2.75, 3.05) is 7.05 Å².